The van der Waals surface area contributed by atoms with Gasteiger partial charge in [-0.25, -0.2) is 0 Å². The smallest absolute Gasteiger partial charge is 0.231 e. The van der Waals surface area contributed by atoms with Gasteiger partial charge in [0, 0.05) is 24.1 Å². The number of nitrogens with one attached hydrogen (secondary N) is 1. The van der Waals surface area contributed by atoms with Gasteiger partial charge >= 0.3 is 0 Å². The maximum absolute atomic E-state index is 12.1. The summed E-state index contributed by atoms with van der Waals surface area (Å²) >= 11 is 0. The number of ketones is 1. The molecule has 1 saturated heterocycles. The molecule has 1 amide bonds. The third kappa shape index (κ3) is 4.77. The van der Waals surface area contributed by atoms with Gasteiger partial charge in [0.2, 0.25) is 5.91 Å². The van der Waals surface area contributed by atoms with Gasteiger partial charge < -0.3 is 14.8 Å². The average molecular weight is 353 g/mol. The Kier molecular flexibility index (Phi) is 6.15. The molecule has 1 aliphatic rings. The van der Waals surface area contributed by atoms with Gasteiger partial charge in [0.05, 0.1) is 19.6 Å². The number of amides is 1. The highest BCUT2D eigenvalue weighted by molar-refractivity contribution is 6.04. The summed E-state index contributed by atoms with van der Waals surface area (Å²) in [6.07, 6.45) is 1.40. The lowest BCUT2D eigenvalue weighted by atomic mass is 9.98. The summed E-state index contributed by atoms with van der Waals surface area (Å²) in [6.45, 7) is 1.09. The zero-order chi connectivity index (χ0) is 18.2. The van der Waals surface area contributed by atoms with Crippen molar-refractivity contribution < 1.29 is 19.1 Å². The van der Waals surface area contributed by atoms with E-state index in [1.165, 1.54) is 0 Å². The van der Waals surface area contributed by atoms with Crippen LogP contribution in [0.3, 0.4) is 0 Å². The molecule has 2 aromatic rings. The summed E-state index contributed by atoms with van der Waals surface area (Å²) in [4.78, 5) is 24.1. The number of rotatable bonds is 8. The Bertz CT molecular complexity index is 724. The number of benzene rings is 2. The summed E-state index contributed by atoms with van der Waals surface area (Å²) < 4.78 is 11.7. The van der Waals surface area contributed by atoms with Gasteiger partial charge in [-0.1, -0.05) is 48.5 Å². The van der Waals surface area contributed by atoms with E-state index in [4.69, 9.17) is 9.47 Å². The molecule has 1 N–H and O–H groups in total. The number of ether oxygens (including phenoxy) is 2. The highest BCUT2D eigenvalue weighted by Crippen LogP contribution is 2.36. The summed E-state index contributed by atoms with van der Waals surface area (Å²) in [5.74, 6) is -1.14. The molecule has 5 heteroatoms. The van der Waals surface area contributed by atoms with Crippen molar-refractivity contribution in [3.8, 4) is 0 Å². The van der Waals surface area contributed by atoms with Crippen LogP contribution >= 0.6 is 0 Å². The van der Waals surface area contributed by atoms with Crippen molar-refractivity contribution in [3.63, 3.8) is 0 Å². The third-order valence-corrected chi connectivity index (χ3v) is 4.34. The molecule has 0 aromatic heterocycles. The van der Waals surface area contributed by atoms with E-state index in [0.29, 0.717) is 38.2 Å². The number of hydrogen-bond acceptors (Lipinski definition) is 4. The van der Waals surface area contributed by atoms with Crippen LogP contribution in [0, 0.1) is 0 Å². The molecule has 1 heterocycles. The van der Waals surface area contributed by atoms with Gasteiger partial charge in [0.15, 0.2) is 5.79 Å². The lowest BCUT2D eigenvalue weighted by Gasteiger charge is -2.27. The minimum Gasteiger partial charge on any atom is -0.343 e. The lowest BCUT2D eigenvalue weighted by Crippen LogP contribution is -2.27. The van der Waals surface area contributed by atoms with E-state index in [-0.39, 0.29) is 18.1 Å². The summed E-state index contributed by atoms with van der Waals surface area (Å²) in [5.41, 5.74) is 1.66. The van der Waals surface area contributed by atoms with Crippen molar-refractivity contribution in [2.45, 2.75) is 31.5 Å². The molecule has 0 saturated carbocycles. The van der Waals surface area contributed by atoms with Gasteiger partial charge in [-0.05, 0) is 18.6 Å². The van der Waals surface area contributed by atoms with Crippen molar-refractivity contribution >= 4 is 17.4 Å². The SMILES string of the molecule is O=C(CCCC1(c2ccccc2)OCCO1)CC(=O)Nc1ccccc1. The Morgan fingerprint density at radius 1 is 0.923 bits per heavy atom. The first kappa shape index (κ1) is 18.3. The second-order valence-corrected chi connectivity index (χ2v) is 6.30. The largest absolute Gasteiger partial charge is 0.343 e. The highest BCUT2D eigenvalue weighted by atomic mass is 16.7. The van der Waals surface area contributed by atoms with E-state index in [9.17, 15) is 9.59 Å². The number of hydrogen-bond donors (Lipinski definition) is 1. The number of Topliss-reactive ketones (excluding diaryl/α,β-unsaturated/α-hetero) is 1. The van der Waals surface area contributed by atoms with Crippen LogP contribution in [0.1, 0.15) is 31.2 Å². The van der Waals surface area contributed by atoms with Gasteiger partial charge in [-0.3, -0.25) is 9.59 Å². The van der Waals surface area contributed by atoms with Crippen LogP contribution in [0.2, 0.25) is 0 Å². The van der Waals surface area contributed by atoms with Crippen LogP contribution in [0.25, 0.3) is 0 Å². The Morgan fingerprint density at radius 3 is 2.19 bits per heavy atom. The van der Waals surface area contributed by atoms with Crippen LogP contribution in [-0.4, -0.2) is 24.9 Å². The summed E-state index contributed by atoms with van der Waals surface area (Å²) in [7, 11) is 0. The number of para-hydroxylation sites is 1. The van der Waals surface area contributed by atoms with Crippen LogP contribution in [0.15, 0.2) is 60.7 Å². The standard InChI is InChI=1S/C21H23NO4/c23-19(16-20(24)22-18-10-5-2-6-11-18)12-7-13-21(25-14-15-26-21)17-8-3-1-4-9-17/h1-6,8-11H,7,12-16H2,(H,22,24). The summed E-state index contributed by atoms with van der Waals surface area (Å²) in [5, 5.41) is 2.73. The Hall–Kier alpha value is -2.50. The number of anilines is 1. The van der Waals surface area contributed by atoms with E-state index in [1.807, 2.05) is 48.5 Å². The third-order valence-electron chi connectivity index (χ3n) is 4.34. The van der Waals surface area contributed by atoms with Crippen molar-refractivity contribution in [3.05, 3.63) is 66.2 Å². The molecule has 0 spiro atoms. The Morgan fingerprint density at radius 2 is 1.54 bits per heavy atom. The number of carbonyl (C=O) groups excluding carboxylic acids is 2. The van der Waals surface area contributed by atoms with E-state index in [2.05, 4.69) is 5.32 Å². The quantitative estimate of drug-likeness (QED) is 0.736. The van der Waals surface area contributed by atoms with Crippen LogP contribution in [0.4, 0.5) is 5.69 Å². The van der Waals surface area contributed by atoms with Crippen molar-refractivity contribution in [1.82, 2.24) is 0 Å². The lowest BCUT2D eigenvalue weighted by molar-refractivity contribution is -0.171. The first-order chi connectivity index (χ1) is 12.7. The van der Waals surface area contributed by atoms with Crippen molar-refractivity contribution in [2.75, 3.05) is 18.5 Å². The predicted octanol–water partition coefficient (Wildman–Crippen LogP) is 3.65. The average Bonchev–Trinajstić information content (AvgIpc) is 3.13. The zero-order valence-electron chi connectivity index (χ0n) is 14.6. The molecule has 2 aromatic carbocycles. The molecule has 26 heavy (non-hydrogen) atoms. The Balaban J connectivity index is 1.47. The van der Waals surface area contributed by atoms with Gasteiger partial charge in [0.25, 0.3) is 0 Å². The summed E-state index contributed by atoms with van der Waals surface area (Å²) in [6, 6.07) is 18.9. The fraction of sp³-hybridized carbons (Fsp3) is 0.333. The molecule has 136 valence electrons. The molecule has 5 nitrogen and oxygen atoms in total. The second kappa shape index (κ2) is 8.74. The van der Waals surface area contributed by atoms with Crippen LogP contribution in [-0.2, 0) is 24.8 Å². The monoisotopic (exact) mass is 353 g/mol. The topological polar surface area (TPSA) is 64.6 Å². The van der Waals surface area contributed by atoms with E-state index in [0.717, 1.165) is 5.56 Å². The van der Waals surface area contributed by atoms with Crippen molar-refractivity contribution in [2.24, 2.45) is 0 Å². The first-order valence-electron chi connectivity index (χ1n) is 8.88. The minimum atomic E-state index is -0.770. The van der Waals surface area contributed by atoms with Crippen LogP contribution < -0.4 is 5.32 Å². The highest BCUT2D eigenvalue weighted by Gasteiger charge is 2.37. The van der Waals surface area contributed by atoms with Gasteiger partial charge in [0.1, 0.15) is 5.78 Å². The fourth-order valence-electron chi connectivity index (χ4n) is 3.11. The molecule has 0 bridgehead atoms. The molecular formula is C21H23NO4. The maximum Gasteiger partial charge on any atom is 0.231 e. The normalized spacial score (nSPS) is 15.5. The molecule has 1 fully saturated rings. The van der Waals surface area contributed by atoms with Gasteiger partial charge in [-0.2, -0.15) is 0 Å². The molecule has 0 aliphatic carbocycles. The van der Waals surface area contributed by atoms with Crippen molar-refractivity contribution in [1.29, 1.82) is 0 Å². The minimum absolute atomic E-state index is 0.0837. The molecule has 3 rings (SSSR count). The molecule has 0 atom stereocenters. The van der Waals surface area contributed by atoms with E-state index >= 15 is 0 Å². The second-order valence-electron chi connectivity index (χ2n) is 6.30. The fourth-order valence-corrected chi connectivity index (χ4v) is 3.11. The molecular weight excluding hydrogens is 330 g/mol. The van der Waals surface area contributed by atoms with Crippen LogP contribution in [0.5, 0.6) is 0 Å². The molecule has 0 radical (unpaired) electrons. The molecule has 0 unspecified atom stereocenters. The molecule has 1 aliphatic heterocycles. The van der Waals surface area contributed by atoms with E-state index in [1.54, 1.807) is 12.1 Å². The number of carbonyl (C=O) groups is 2. The Labute approximate surface area is 153 Å². The predicted molar refractivity (Wildman–Crippen MR) is 98.6 cm³/mol. The first-order valence-corrected chi connectivity index (χ1v) is 8.88. The van der Waals surface area contributed by atoms with E-state index < -0.39 is 5.79 Å². The zero-order valence-corrected chi connectivity index (χ0v) is 14.6. The maximum atomic E-state index is 12.1. The van der Waals surface area contributed by atoms with Gasteiger partial charge in [-0.15, -0.1) is 0 Å².